The number of hydrogen-bond acceptors (Lipinski definition) is 0. The summed E-state index contributed by atoms with van der Waals surface area (Å²) in [4.78, 5) is 0. The Morgan fingerprint density at radius 1 is 1.25 bits per heavy atom. The highest BCUT2D eigenvalue weighted by atomic mass is 14.0. The van der Waals surface area contributed by atoms with Crippen LogP contribution < -0.4 is 0 Å². The van der Waals surface area contributed by atoms with Gasteiger partial charge in [-0.05, 0) is 40.0 Å². The molecule has 12 heavy (non-hydrogen) atoms. The zero-order valence-electron chi connectivity index (χ0n) is 8.56. The van der Waals surface area contributed by atoms with Crippen molar-refractivity contribution < 1.29 is 0 Å². The molecule has 0 atom stereocenters. The molecule has 0 bridgehead atoms. The van der Waals surface area contributed by atoms with Crippen molar-refractivity contribution in [1.29, 1.82) is 0 Å². The van der Waals surface area contributed by atoms with Crippen molar-refractivity contribution in [3.05, 3.63) is 36.0 Å². The number of rotatable bonds is 5. The first-order chi connectivity index (χ1) is 5.66. The van der Waals surface area contributed by atoms with E-state index >= 15 is 0 Å². The second-order valence-corrected chi connectivity index (χ2v) is 3.35. The monoisotopic (exact) mass is 164 g/mol. The lowest BCUT2D eigenvalue weighted by Crippen LogP contribution is -1.79. The first kappa shape index (κ1) is 11.2. The summed E-state index contributed by atoms with van der Waals surface area (Å²) in [5.41, 5.74) is 2.74. The average molecular weight is 164 g/mol. The van der Waals surface area contributed by atoms with Crippen LogP contribution in [0.1, 0.15) is 40.0 Å². The summed E-state index contributed by atoms with van der Waals surface area (Å²) in [6.45, 7) is 10.2. The van der Waals surface area contributed by atoms with Crippen LogP contribution in [0.25, 0.3) is 0 Å². The maximum atomic E-state index is 3.88. The summed E-state index contributed by atoms with van der Waals surface area (Å²) >= 11 is 0. The quantitative estimate of drug-likeness (QED) is 0.421. The molecule has 0 N–H and O–H groups in total. The Labute approximate surface area is 76.7 Å². The highest BCUT2D eigenvalue weighted by Gasteiger charge is 1.89. The molecule has 0 spiro atoms. The fourth-order valence-corrected chi connectivity index (χ4v) is 1.01. The minimum absolute atomic E-state index is 1.15. The van der Waals surface area contributed by atoms with Gasteiger partial charge in [0.25, 0.3) is 0 Å². The van der Waals surface area contributed by atoms with Crippen LogP contribution in [-0.2, 0) is 0 Å². The number of allylic oxidation sites excluding steroid dienone is 5. The molecule has 0 radical (unpaired) electrons. The molecule has 0 rings (SSSR count). The molecule has 0 saturated carbocycles. The van der Waals surface area contributed by atoms with Crippen LogP contribution >= 0.6 is 0 Å². The van der Waals surface area contributed by atoms with E-state index in [2.05, 4.69) is 38.7 Å². The Balaban J connectivity index is 3.56. The topological polar surface area (TPSA) is 0 Å². The molecule has 68 valence electrons. The summed E-state index contributed by atoms with van der Waals surface area (Å²) in [6, 6.07) is 0. The molecule has 0 aromatic carbocycles. The van der Waals surface area contributed by atoms with Crippen LogP contribution in [0.4, 0.5) is 0 Å². The van der Waals surface area contributed by atoms with Crippen molar-refractivity contribution in [3.8, 4) is 0 Å². The number of hydrogen-bond donors (Lipinski definition) is 0. The summed E-state index contributed by atoms with van der Waals surface area (Å²) < 4.78 is 0. The van der Waals surface area contributed by atoms with Crippen LogP contribution in [-0.4, -0.2) is 0 Å². The molecule has 0 saturated heterocycles. The molecule has 0 heteroatoms. The van der Waals surface area contributed by atoms with E-state index < -0.39 is 0 Å². The van der Waals surface area contributed by atoms with E-state index in [-0.39, 0.29) is 0 Å². The third-order valence-corrected chi connectivity index (χ3v) is 1.75. The van der Waals surface area contributed by atoms with Gasteiger partial charge in [-0.15, -0.1) is 6.58 Å². The Bertz CT molecular complexity index is 182. The molecule has 0 aromatic heterocycles. The fraction of sp³-hybridized carbons (Fsp3) is 0.500. The van der Waals surface area contributed by atoms with E-state index in [1.54, 1.807) is 0 Å². The van der Waals surface area contributed by atoms with Crippen LogP contribution in [0.3, 0.4) is 0 Å². The molecule has 0 fully saturated rings. The molecule has 0 heterocycles. The fourth-order valence-electron chi connectivity index (χ4n) is 1.01. The second-order valence-electron chi connectivity index (χ2n) is 3.35. The molecular weight excluding hydrogens is 144 g/mol. The molecule has 0 unspecified atom stereocenters. The van der Waals surface area contributed by atoms with Crippen LogP contribution in [0, 0.1) is 0 Å². The molecule has 0 amide bonds. The summed E-state index contributed by atoms with van der Waals surface area (Å²) in [6.07, 6.45) is 9.91. The SMILES string of the molecule is C=C(C)CCC/C(C)=C/C=C\C. The zero-order valence-corrected chi connectivity index (χ0v) is 8.56. The van der Waals surface area contributed by atoms with Crippen molar-refractivity contribution in [2.75, 3.05) is 0 Å². The van der Waals surface area contributed by atoms with Gasteiger partial charge in [0.1, 0.15) is 0 Å². The van der Waals surface area contributed by atoms with Gasteiger partial charge in [-0.1, -0.05) is 29.4 Å². The van der Waals surface area contributed by atoms with E-state index in [9.17, 15) is 0 Å². The molecule has 0 aliphatic carbocycles. The largest absolute Gasteiger partial charge is 0.100 e. The highest BCUT2D eigenvalue weighted by molar-refractivity contribution is 5.09. The maximum absolute atomic E-state index is 3.88. The van der Waals surface area contributed by atoms with Crippen LogP contribution in [0.2, 0.25) is 0 Å². The van der Waals surface area contributed by atoms with Gasteiger partial charge in [0, 0.05) is 0 Å². The highest BCUT2D eigenvalue weighted by Crippen LogP contribution is 2.09. The zero-order chi connectivity index (χ0) is 9.40. The molecular formula is C12H20. The maximum Gasteiger partial charge on any atom is -0.0317 e. The van der Waals surface area contributed by atoms with Crippen molar-refractivity contribution in [1.82, 2.24) is 0 Å². The predicted octanol–water partition coefficient (Wildman–Crippen LogP) is 4.26. The van der Waals surface area contributed by atoms with Crippen LogP contribution in [0.15, 0.2) is 36.0 Å². The van der Waals surface area contributed by atoms with Gasteiger partial charge in [0.05, 0.1) is 0 Å². The predicted molar refractivity (Wildman–Crippen MR) is 57.2 cm³/mol. The summed E-state index contributed by atoms with van der Waals surface area (Å²) in [5.74, 6) is 0. The van der Waals surface area contributed by atoms with E-state index in [0.29, 0.717) is 0 Å². The second kappa shape index (κ2) is 6.90. The minimum Gasteiger partial charge on any atom is -0.100 e. The first-order valence-corrected chi connectivity index (χ1v) is 4.59. The van der Waals surface area contributed by atoms with E-state index in [4.69, 9.17) is 0 Å². The van der Waals surface area contributed by atoms with E-state index in [0.717, 1.165) is 6.42 Å². The van der Waals surface area contributed by atoms with Crippen molar-refractivity contribution in [2.24, 2.45) is 0 Å². The van der Waals surface area contributed by atoms with Gasteiger partial charge < -0.3 is 0 Å². The minimum atomic E-state index is 1.15. The van der Waals surface area contributed by atoms with Gasteiger partial charge in [0.15, 0.2) is 0 Å². The van der Waals surface area contributed by atoms with Gasteiger partial charge in [-0.3, -0.25) is 0 Å². The Morgan fingerprint density at radius 2 is 1.92 bits per heavy atom. The standard InChI is InChI=1S/C12H20/c1-5-6-9-12(4)10-7-8-11(2)3/h5-6,9H,2,7-8,10H2,1,3-4H3/b6-5-,12-9+. The lowest BCUT2D eigenvalue weighted by atomic mass is 10.1. The van der Waals surface area contributed by atoms with E-state index in [1.807, 2.05) is 6.92 Å². The van der Waals surface area contributed by atoms with Gasteiger partial charge in [0.2, 0.25) is 0 Å². The lowest BCUT2D eigenvalue weighted by molar-refractivity contribution is 0.805. The molecule has 0 aromatic rings. The molecule has 0 nitrogen and oxygen atoms in total. The lowest BCUT2D eigenvalue weighted by Gasteiger charge is -1.99. The van der Waals surface area contributed by atoms with Crippen LogP contribution in [0.5, 0.6) is 0 Å². The third kappa shape index (κ3) is 7.33. The van der Waals surface area contributed by atoms with Gasteiger partial charge in [-0.25, -0.2) is 0 Å². The van der Waals surface area contributed by atoms with Crippen molar-refractivity contribution in [3.63, 3.8) is 0 Å². The summed E-state index contributed by atoms with van der Waals surface area (Å²) in [7, 11) is 0. The third-order valence-electron chi connectivity index (χ3n) is 1.75. The smallest absolute Gasteiger partial charge is 0.0317 e. The Hall–Kier alpha value is -0.780. The first-order valence-electron chi connectivity index (χ1n) is 4.59. The average Bonchev–Trinajstić information content (AvgIpc) is 2.00. The van der Waals surface area contributed by atoms with Gasteiger partial charge >= 0.3 is 0 Å². The van der Waals surface area contributed by atoms with Crippen molar-refractivity contribution >= 4 is 0 Å². The Morgan fingerprint density at radius 3 is 2.42 bits per heavy atom. The van der Waals surface area contributed by atoms with Crippen molar-refractivity contribution in [2.45, 2.75) is 40.0 Å². The molecule has 0 aliphatic rings. The summed E-state index contributed by atoms with van der Waals surface area (Å²) in [5, 5.41) is 0. The normalized spacial score (nSPS) is 12.4. The Kier molecular flexibility index (Phi) is 6.45. The van der Waals surface area contributed by atoms with Gasteiger partial charge in [-0.2, -0.15) is 0 Å². The molecule has 0 aliphatic heterocycles. The van der Waals surface area contributed by atoms with E-state index in [1.165, 1.54) is 24.0 Å².